The van der Waals surface area contributed by atoms with E-state index in [0.29, 0.717) is 24.0 Å². The summed E-state index contributed by atoms with van der Waals surface area (Å²) < 4.78 is 23.4. The van der Waals surface area contributed by atoms with Crippen molar-refractivity contribution < 1.29 is 19.0 Å². The Hall–Kier alpha value is -0.300. The van der Waals surface area contributed by atoms with Crippen LogP contribution in [0.4, 0.5) is 0 Å². The van der Waals surface area contributed by atoms with Crippen molar-refractivity contribution in [1.29, 1.82) is 0 Å². The van der Waals surface area contributed by atoms with Crippen molar-refractivity contribution in [3.05, 3.63) is 0 Å². The molecule has 8 atom stereocenters. The molecule has 1 aliphatic heterocycles. The molecule has 0 aromatic rings. The van der Waals surface area contributed by atoms with E-state index in [1.54, 1.807) is 6.92 Å². The predicted molar refractivity (Wildman–Crippen MR) is 115 cm³/mol. The molecule has 5 rings (SSSR count). The number of aliphatic hydroxyl groups excluding tert-OH is 1. The van der Waals surface area contributed by atoms with E-state index in [1.165, 1.54) is 36.4 Å². The van der Waals surface area contributed by atoms with Gasteiger partial charge in [0, 0.05) is 5.41 Å². The molecule has 1 unspecified atom stereocenters. The zero-order valence-electron chi connectivity index (χ0n) is 18.2. The molecular weight excluding hydrogens is 386 g/mol. The summed E-state index contributed by atoms with van der Waals surface area (Å²) in [6, 6.07) is -0.0751. The lowest BCUT2D eigenvalue weighted by Gasteiger charge is -2.42. The van der Waals surface area contributed by atoms with E-state index < -0.39 is 22.8 Å². The second-order valence-corrected chi connectivity index (χ2v) is 13.7. The quantitative estimate of drug-likeness (QED) is 0.598. The lowest BCUT2D eigenvalue weighted by Crippen LogP contribution is -2.47. The molecule has 29 heavy (non-hydrogen) atoms. The van der Waals surface area contributed by atoms with Gasteiger partial charge in [-0.1, -0.05) is 33.6 Å². The number of fused-ring (bicyclic) bond motifs is 3. The van der Waals surface area contributed by atoms with Crippen molar-refractivity contribution in [2.75, 3.05) is 5.75 Å². The Morgan fingerprint density at radius 1 is 1.10 bits per heavy atom. The number of hydrogen-bond acceptors (Lipinski definition) is 4. The van der Waals surface area contributed by atoms with Gasteiger partial charge in [-0.3, -0.25) is 13.9 Å². The van der Waals surface area contributed by atoms with Crippen LogP contribution in [0.25, 0.3) is 0 Å². The van der Waals surface area contributed by atoms with Crippen molar-refractivity contribution in [2.45, 2.75) is 90.7 Å². The van der Waals surface area contributed by atoms with Crippen LogP contribution >= 0.6 is 10.8 Å². The minimum absolute atomic E-state index is 0.0413. The first-order valence-corrected chi connectivity index (χ1v) is 13.5. The number of carbonyl (C=O) groups excluding carboxylic acids is 1. The van der Waals surface area contributed by atoms with E-state index >= 15 is 0 Å². The highest BCUT2D eigenvalue weighted by atomic mass is 32.3. The first kappa shape index (κ1) is 20.6. The summed E-state index contributed by atoms with van der Waals surface area (Å²) in [4.78, 5) is 13.5. The molecule has 3 N–H and O–H groups in total. The Morgan fingerprint density at radius 3 is 2.38 bits per heavy atom. The lowest BCUT2D eigenvalue weighted by molar-refractivity contribution is -0.137. The fourth-order valence-corrected chi connectivity index (χ4v) is 11.1. The van der Waals surface area contributed by atoms with E-state index in [-0.39, 0.29) is 22.8 Å². The first-order chi connectivity index (χ1) is 13.5. The zero-order valence-corrected chi connectivity index (χ0v) is 19.0. The third-order valence-electron chi connectivity index (χ3n) is 10.2. The topological polar surface area (TPSA) is 81.0 Å². The van der Waals surface area contributed by atoms with Crippen LogP contribution in [0, 0.1) is 40.4 Å². The Balaban J connectivity index is 1.31. The molecule has 1 amide bonds. The van der Waals surface area contributed by atoms with Gasteiger partial charge >= 0.3 is 0 Å². The first-order valence-electron chi connectivity index (χ1n) is 11.8. The van der Waals surface area contributed by atoms with Crippen molar-refractivity contribution in [3.8, 4) is 0 Å². The smallest absolute Gasteiger partial charge is 0.246 e. The summed E-state index contributed by atoms with van der Waals surface area (Å²) >= 11 is 0. The summed E-state index contributed by atoms with van der Waals surface area (Å²) in [5, 5.41) is 10.9. The van der Waals surface area contributed by atoms with Crippen LogP contribution in [0.2, 0.25) is 0 Å². The average molecular weight is 426 g/mol. The number of nitrogens with zero attached hydrogens (tertiary/aromatic N) is 1. The predicted octanol–water partition coefficient (Wildman–Crippen LogP) is 4.90. The Morgan fingerprint density at radius 2 is 1.76 bits per heavy atom. The summed E-state index contributed by atoms with van der Waals surface area (Å²) in [7, 11) is -3.11. The number of carbonyl (C=O) groups is 1. The second kappa shape index (κ2) is 6.60. The van der Waals surface area contributed by atoms with Crippen molar-refractivity contribution in [2.24, 2.45) is 40.4 Å². The molecule has 4 aliphatic carbocycles. The fourth-order valence-electron chi connectivity index (χ4n) is 8.37. The van der Waals surface area contributed by atoms with Crippen LogP contribution in [0.1, 0.15) is 78.6 Å². The highest BCUT2D eigenvalue weighted by Gasteiger charge is 2.72. The van der Waals surface area contributed by atoms with Crippen LogP contribution in [-0.4, -0.2) is 42.3 Å². The molecule has 4 bridgehead atoms. The van der Waals surface area contributed by atoms with Crippen LogP contribution in [0.5, 0.6) is 0 Å². The maximum atomic E-state index is 13.5. The van der Waals surface area contributed by atoms with Crippen LogP contribution < -0.4 is 0 Å². The lowest BCUT2D eigenvalue weighted by atomic mass is 9.69. The number of hydrogen-bond donors (Lipinski definition) is 3. The number of amides is 1. The van der Waals surface area contributed by atoms with Crippen molar-refractivity contribution in [3.63, 3.8) is 0 Å². The summed E-state index contributed by atoms with van der Waals surface area (Å²) in [5.41, 5.74) is -0.126. The Bertz CT molecular complexity index is 684. The highest BCUT2D eigenvalue weighted by molar-refractivity contribution is 8.22. The summed E-state index contributed by atoms with van der Waals surface area (Å²) in [6.45, 7) is 6.30. The summed E-state index contributed by atoms with van der Waals surface area (Å²) in [6.07, 6.45) is 9.38. The van der Waals surface area contributed by atoms with E-state index in [4.69, 9.17) is 0 Å². The largest absolute Gasteiger partial charge is 0.392 e. The molecule has 5 nitrogen and oxygen atoms in total. The van der Waals surface area contributed by atoms with Gasteiger partial charge in [-0.25, -0.2) is 4.31 Å². The third kappa shape index (κ3) is 2.88. The molecule has 5 aliphatic rings. The maximum absolute atomic E-state index is 13.5. The van der Waals surface area contributed by atoms with Crippen molar-refractivity contribution >= 4 is 16.7 Å². The standard InChI is InChI=1S/C23H39NO4S/c1-14(19(25)11-17-9-15-4-5-16(8-15)10-17)21(26)24-20-12-18-6-7-23(20,22(18,2)3)13-29(24,27)28/h14-20,25,27-28H,4-13H2,1-3H3/t14-,15-,16+,17?,18+,19-,20+,23+/m1/s1. The number of aliphatic hydroxyl groups is 1. The van der Waals surface area contributed by atoms with E-state index in [2.05, 4.69) is 13.8 Å². The molecule has 1 heterocycles. The molecule has 6 heteroatoms. The van der Waals surface area contributed by atoms with Gasteiger partial charge in [-0.15, -0.1) is 10.8 Å². The zero-order chi connectivity index (χ0) is 20.8. The fraction of sp³-hybridized carbons (Fsp3) is 0.957. The van der Waals surface area contributed by atoms with Gasteiger partial charge in [0.15, 0.2) is 0 Å². The molecule has 166 valence electrons. The Kier molecular flexibility index (Phi) is 4.69. The van der Waals surface area contributed by atoms with Gasteiger partial charge in [0.1, 0.15) is 0 Å². The van der Waals surface area contributed by atoms with Gasteiger partial charge in [0.2, 0.25) is 5.91 Å². The average Bonchev–Trinajstić information content (AvgIpc) is 3.25. The molecule has 0 aromatic carbocycles. The summed E-state index contributed by atoms with van der Waals surface area (Å²) in [5.74, 6) is 2.22. The Labute approximate surface area is 177 Å². The number of rotatable bonds is 4. The molecule has 1 saturated heterocycles. The molecule has 4 saturated carbocycles. The van der Waals surface area contributed by atoms with Gasteiger partial charge in [0.25, 0.3) is 0 Å². The minimum Gasteiger partial charge on any atom is -0.392 e. The van der Waals surface area contributed by atoms with E-state index in [1.807, 2.05) is 0 Å². The third-order valence-corrected chi connectivity index (χ3v) is 12.1. The molecule has 0 aromatic heterocycles. The highest BCUT2D eigenvalue weighted by Crippen LogP contribution is 2.76. The van der Waals surface area contributed by atoms with Gasteiger partial charge in [0.05, 0.1) is 23.8 Å². The van der Waals surface area contributed by atoms with Crippen molar-refractivity contribution in [1.82, 2.24) is 4.31 Å². The second-order valence-electron chi connectivity index (χ2n) is 11.8. The van der Waals surface area contributed by atoms with Gasteiger partial charge in [-0.2, -0.15) is 0 Å². The normalized spacial score (nSPS) is 47.1. The molecule has 1 spiro atoms. The monoisotopic (exact) mass is 425 g/mol. The van der Waals surface area contributed by atoms with Gasteiger partial charge < -0.3 is 5.11 Å². The molecule has 5 fully saturated rings. The molecular formula is C23H39NO4S. The van der Waals surface area contributed by atoms with Gasteiger partial charge in [-0.05, 0) is 74.0 Å². The minimum atomic E-state index is -3.11. The molecule has 0 radical (unpaired) electrons. The SMILES string of the molecule is C[C@@H](C(=O)N1[C@H]2C[C@@H]3CC[C@@]2(CS1(O)O)C3(C)C)[C@H](O)CC1C[C@H]2CC[C@@H](C1)C2. The van der Waals surface area contributed by atoms with E-state index in [0.717, 1.165) is 31.1 Å². The van der Waals surface area contributed by atoms with Crippen LogP contribution in [0.3, 0.4) is 0 Å². The van der Waals surface area contributed by atoms with Crippen LogP contribution in [0.15, 0.2) is 0 Å². The maximum Gasteiger partial charge on any atom is 0.246 e. The van der Waals surface area contributed by atoms with E-state index in [9.17, 15) is 19.0 Å². The van der Waals surface area contributed by atoms with Crippen LogP contribution in [-0.2, 0) is 4.79 Å².